The molecule has 0 fully saturated rings. The molecule has 5 heteroatoms. The van der Waals surface area contributed by atoms with Gasteiger partial charge in [0.1, 0.15) is 6.23 Å². The van der Waals surface area contributed by atoms with Crippen molar-refractivity contribution in [3.05, 3.63) is 0 Å². The molecule has 1 atom stereocenters. The topological polar surface area (TPSA) is 99.6 Å². The minimum absolute atomic E-state index is 0.123. The predicted molar refractivity (Wildman–Crippen MR) is 54.1 cm³/mol. The summed E-state index contributed by atoms with van der Waals surface area (Å²) in [5.41, 5.74) is 16.0. The highest BCUT2D eigenvalue weighted by atomic mass is 16.5. The molecular weight excluding hydrogens is 168 g/mol. The predicted octanol–water partition coefficient (Wildman–Crippen LogP) is -0.250. The Labute approximate surface area is 79.3 Å². The van der Waals surface area contributed by atoms with Crippen molar-refractivity contribution in [3.63, 3.8) is 0 Å². The number of ether oxygens (including phenoxy) is 1. The van der Waals surface area contributed by atoms with E-state index in [1.54, 1.807) is 0 Å². The molecule has 0 spiro atoms. The number of nitrogens with two attached hydrogens (primary N) is 3. The van der Waals surface area contributed by atoms with E-state index in [1.165, 1.54) is 0 Å². The Morgan fingerprint density at radius 2 is 2.00 bits per heavy atom. The van der Waals surface area contributed by atoms with Gasteiger partial charge >= 0.3 is 0 Å². The molecule has 0 aromatic heterocycles. The van der Waals surface area contributed by atoms with Crippen LogP contribution in [0.15, 0.2) is 4.99 Å². The Kier molecular flexibility index (Phi) is 6.26. The van der Waals surface area contributed by atoms with Crippen LogP contribution in [0, 0.1) is 0 Å². The van der Waals surface area contributed by atoms with E-state index in [-0.39, 0.29) is 18.3 Å². The highest BCUT2D eigenvalue weighted by molar-refractivity contribution is 5.75. The van der Waals surface area contributed by atoms with Crippen LogP contribution in [0.5, 0.6) is 0 Å². The molecule has 1 unspecified atom stereocenters. The molecule has 5 nitrogen and oxygen atoms in total. The summed E-state index contributed by atoms with van der Waals surface area (Å²) >= 11 is 0. The molecule has 0 radical (unpaired) electrons. The summed E-state index contributed by atoms with van der Waals surface area (Å²) in [7, 11) is 0. The quantitative estimate of drug-likeness (QED) is 0.231. The third kappa shape index (κ3) is 9.10. The normalized spacial score (nSPS) is 12.9. The molecule has 0 aromatic rings. The minimum atomic E-state index is -0.214. The highest BCUT2D eigenvalue weighted by Gasteiger charge is 2.03. The first-order valence-corrected chi connectivity index (χ1v) is 4.48. The van der Waals surface area contributed by atoms with E-state index < -0.39 is 0 Å². The second kappa shape index (κ2) is 6.68. The monoisotopic (exact) mass is 188 g/mol. The first-order chi connectivity index (χ1) is 6.02. The molecule has 0 aromatic carbocycles. The molecule has 13 heavy (non-hydrogen) atoms. The molecule has 0 aliphatic rings. The van der Waals surface area contributed by atoms with Crippen molar-refractivity contribution in [2.75, 3.05) is 6.54 Å². The van der Waals surface area contributed by atoms with Crippen LogP contribution in [0.2, 0.25) is 0 Å². The molecular formula is C8H20N4O. The fourth-order valence-corrected chi connectivity index (χ4v) is 0.918. The fraction of sp³-hybridized carbons (Fsp3) is 0.875. The Balaban J connectivity index is 3.37. The number of hydrogen-bond donors (Lipinski definition) is 3. The SMILES string of the molecule is CC(C)OC(N)CCCN=C(N)N. The molecule has 0 saturated carbocycles. The highest BCUT2D eigenvalue weighted by Crippen LogP contribution is 2.00. The maximum atomic E-state index is 5.66. The van der Waals surface area contributed by atoms with Gasteiger partial charge in [-0.1, -0.05) is 0 Å². The molecule has 78 valence electrons. The van der Waals surface area contributed by atoms with Crippen molar-refractivity contribution in [1.29, 1.82) is 0 Å². The number of hydrogen-bond acceptors (Lipinski definition) is 3. The minimum Gasteiger partial charge on any atom is -0.370 e. The molecule has 0 saturated heterocycles. The Bertz CT molecular complexity index is 154. The molecule has 0 amide bonds. The van der Waals surface area contributed by atoms with Gasteiger partial charge in [-0.3, -0.25) is 4.99 Å². The molecule has 0 bridgehead atoms. The summed E-state index contributed by atoms with van der Waals surface area (Å²) in [6, 6.07) is 0. The van der Waals surface area contributed by atoms with Gasteiger partial charge in [0.05, 0.1) is 6.10 Å². The number of guanidine groups is 1. The zero-order chi connectivity index (χ0) is 10.3. The van der Waals surface area contributed by atoms with Crippen molar-refractivity contribution in [1.82, 2.24) is 0 Å². The zero-order valence-electron chi connectivity index (χ0n) is 8.36. The molecule has 0 heterocycles. The van der Waals surface area contributed by atoms with Crippen LogP contribution in [0.4, 0.5) is 0 Å². The van der Waals surface area contributed by atoms with Crippen LogP contribution >= 0.6 is 0 Å². The average molecular weight is 188 g/mol. The van der Waals surface area contributed by atoms with Crippen LogP contribution in [0.1, 0.15) is 26.7 Å². The van der Waals surface area contributed by atoms with Crippen molar-refractivity contribution in [3.8, 4) is 0 Å². The van der Waals surface area contributed by atoms with Gasteiger partial charge in [-0.25, -0.2) is 0 Å². The van der Waals surface area contributed by atoms with Crippen LogP contribution in [0.3, 0.4) is 0 Å². The second-order valence-electron chi connectivity index (χ2n) is 3.17. The molecule has 0 rings (SSSR count). The van der Waals surface area contributed by atoms with E-state index in [4.69, 9.17) is 21.9 Å². The van der Waals surface area contributed by atoms with Crippen molar-refractivity contribution < 1.29 is 4.74 Å². The van der Waals surface area contributed by atoms with Crippen LogP contribution in [-0.4, -0.2) is 24.8 Å². The van der Waals surface area contributed by atoms with Crippen molar-refractivity contribution in [2.45, 2.75) is 39.0 Å². The van der Waals surface area contributed by atoms with Gasteiger partial charge in [0, 0.05) is 6.54 Å². The largest absolute Gasteiger partial charge is 0.370 e. The van der Waals surface area contributed by atoms with Crippen LogP contribution in [-0.2, 0) is 4.74 Å². The lowest BCUT2D eigenvalue weighted by atomic mass is 10.3. The summed E-state index contributed by atoms with van der Waals surface area (Å²) in [6.07, 6.45) is 1.56. The fourth-order valence-electron chi connectivity index (χ4n) is 0.918. The average Bonchev–Trinajstić information content (AvgIpc) is 1.96. The summed E-state index contributed by atoms with van der Waals surface area (Å²) in [6.45, 7) is 4.52. The van der Waals surface area contributed by atoms with E-state index in [0.29, 0.717) is 6.54 Å². The number of aliphatic imine (C=N–C) groups is 1. The van der Waals surface area contributed by atoms with E-state index in [1.807, 2.05) is 13.8 Å². The van der Waals surface area contributed by atoms with Crippen molar-refractivity contribution in [2.24, 2.45) is 22.2 Å². The summed E-state index contributed by atoms with van der Waals surface area (Å²) in [5, 5.41) is 0. The number of rotatable bonds is 6. The maximum Gasteiger partial charge on any atom is 0.185 e. The third-order valence-corrected chi connectivity index (χ3v) is 1.39. The second-order valence-corrected chi connectivity index (χ2v) is 3.17. The lowest BCUT2D eigenvalue weighted by molar-refractivity contribution is 0.00656. The number of nitrogens with zero attached hydrogens (tertiary/aromatic N) is 1. The molecule has 0 aliphatic heterocycles. The Hall–Kier alpha value is -0.810. The summed E-state index contributed by atoms with van der Waals surface area (Å²) in [4.78, 5) is 3.84. The van der Waals surface area contributed by atoms with Gasteiger partial charge in [0.25, 0.3) is 0 Å². The van der Waals surface area contributed by atoms with E-state index in [0.717, 1.165) is 12.8 Å². The van der Waals surface area contributed by atoms with Gasteiger partial charge in [0.2, 0.25) is 0 Å². The van der Waals surface area contributed by atoms with Gasteiger partial charge in [0.15, 0.2) is 5.96 Å². The van der Waals surface area contributed by atoms with Gasteiger partial charge < -0.3 is 21.9 Å². The van der Waals surface area contributed by atoms with Crippen LogP contribution < -0.4 is 17.2 Å². The van der Waals surface area contributed by atoms with Gasteiger partial charge in [-0.15, -0.1) is 0 Å². The van der Waals surface area contributed by atoms with Gasteiger partial charge in [-0.05, 0) is 26.7 Å². The van der Waals surface area contributed by atoms with E-state index in [9.17, 15) is 0 Å². The van der Waals surface area contributed by atoms with Gasteiger partial charge in [-0.2, -0.15) is 0 Å². The summed E-state index contributed by atoms with van der Waals surface area (Å²) in [5.74, 6) is 0.123. The maximum absolute atomic E-state index is 5.66. The van der Waals surface area contributed by atoms with Crippen LogP contribution in [0.25, 0.3) is 0 Å². The van der Waals surface area contributed by atoms with E-state index >= 15 is 0 Å². The summed E-state index contributed by atoms with van der Waals surface area (Å²) < 4.78 is 5.32. The van der Waals surface area contributed by atoms with Crippen molar-refractivity contribution >= 4 is 5.96 Å². The Morgan fingerprint density at radius 3 is 2.46 bits per heavy atom. The standard InChI is InChI=1S/C8H20N4O/c1-6(2)13-7(9)4-3-5-12-8(10)11/h6-7H,3-5,9H2,1-2H3,(H4,10,11,12). The van der Waals surface area contributed by atoms with E-state index in [2.05, 4.69) is 4.99 Å². The lowest BCUT2D eigenvalue weighted by Gasteiger charge is -2.14. The lowest BCUT2D eigenvalue weighted by Crippen LogP contribution is -2.27. The third-order valence-electron chi connectivity index (χ3n) is 1.39. The zero-order valence-corrected chi connectivity index (χ0v) is 8.36. The first-order valence-electron chi connectivity index (χ1n) is 4.48. The first kappa shape index (κ1) is 12.2. The molecule has 0 aliphatic carbocycles. The smallest absolute Gasteiger partial charge is 0.185 e. The Morgan fingerprint density at radius 1 is 1.38 bits per heavy atom. The molecule has 6 N–H and O–H groups in total.